The predicted molar refractivity (Wildman–Crippen MR) is 67.2 cm³/mol. The van der Waals surface area contributed by atoms with Gasteiger partial charge >= 0.3 is 0 Å². The van der Waals surface area contributed by atoms with Crippen molar-refractivity contribution >= 4 is 17.9 Å². The smallest absolute Gasteiger partial charge is 0.274 e. The van der Waals surface area contributed by atoms with E-state index >= 15 is 0 Å². The Morgan fingerprint density at radius 2 is 2.17 bits per heavy atom. The van der Waals surface area contributed by atoms with Gasteiger partial charge in [0.05, 0.1) is 18.4 Å². The summed E-state index contributed by atoms with van der Waals surface area (Å²) in [6.45, 7) is 0. The van der Waals surface area contributed by atoms with Gasteiger partial charge in [-0.1, -0.05) is 11.6 Å². The molecule has 1 N–H and O–H groups in total. The third-order valence-electron chi connectivity index (χ3n) is 2.40. The first-order valence-corrected chi connectivity index (χ1v) is 5.42. The fraction of sp³-hybridized carbons (Fsp3) is 0.0833. The van der Waals surface area contributed by atoms with Gasteiger partial charge in [0.25, 0.3) is 5.56 Å². The number of aromatic nitrogens is 2. The summed E-state index contributed by atoms with van der Waals surface area (Å²) in [7, 11) is 1.51. The van der Waals surface area contributed by atoms with Crippen molar-refractivity contribution in [3.8, 4) is 17.0 Å². The van der Waals surface area contributed by atoms with Crippen LogP contribution in [0, 0.1) is 0 Å². The lowest BCUT2D eigenvalue weighted by Crippen LogP contribution is -2.13. The van der Waals surface area contributed by atoms with E-state index in [0.717, 1.165) is 0 Å². The first kappa shape index (κ1) is 12.3. The summed E-state index contributed by atoms with van der Waals surface area (Å²) in [4.78, 5) is 22.0. The Hall–Kier alpha value is -2.14. The first-order valence-electron chi connectivity index (χ1n) is 5.04. The van der Waals surface area contributed by atoms with E-state index in [1.807, 2.05) is 0 Å². The molecule has 1 heterocycles. The van der Waals surface area contributed by atoms with Crippen molar-refractivity contribution in [1.82, 2.24) is 10.2 Å². The summed E-state index contributed by atoms with van der Waals surface area (Å²) >= 11 is 5.90. The van der Waals surface area contributed by atoms with Crippen LogP contribution >= 0.6 is 11.6 Å². The minimum atomic E-state index is -0.533. The van der Waals surface area contributed by atoms with Crippen LogP contribution in [0.4, 0.5) is 0 Å². The molecule has 2 aromatic rings. The fourth-order valence-corrected chi connectivity index (χ4v) is 1.70. The summed E-state index contributed by atoms with van der Waals surface area (Å²) in [5, 5.41) is 6.63. The molecule has 1 aromatic carbocycles. The number of nitrogens with zero attached hydrogens (tertiary/aromatic N) is 1. The number of aldehydes is 1. The molecule has 0 aliphatic heterocycles. The lowest BCUT2D eigenvalue weighted by atomic mass is 10.1. The number of carbonyl (C=O) groups excluding carboxylic acids is 1. The molecule has 5 nitrogen and oxygen atoms in total. The molecule has 0 atom stereocenters. The molecule has 92 valence electrons. The molecule has 6 heteroatoms. The molecule has 0 unspecified atom stereocenters. The van der Waals surface area contributed by atoms with Crippen LogP contribution in [0.15, 0.2) is 29.1 Å². The van der Waals surface area contributed by atoms with E-state index in [2.05, 4.69) is 10.2 Å². The van der Waals surface area contributed by atoms with Gasteiger partial charge < -0.3 is 4.74 Å². The molecule has 0 amide bonds. The maximum atomic E-state index is 11.2. The Morgan fingerprint density at radius 3 is 2.83 bits per heavy atom. The minimum Gasteiger partial charge on any atom is -0.496 e. The number of aromatic amines is 1. The number of hydrogen-bond acceptors (Lipinski definition) is 4. The van der Waals surface area contributed by atoms with Gasteiger partial charge in [-0.2, -0.15) is 5.10 Å². The van der Waals surface area contributed by atoms with Crippen LogP contribution < -0.4 is 10.3 Å². The lowest BCUT2D eigenvalue weighted by molar-refractivity contribution is 0.112. The highest BCUT2D eigenvalue weighted by Gasteiger charge is 2.10. The zero-order chi connectivity index (χ0) is 13.1. The monoisotopic (exact) mass is 264 g/mol. The van der Waals surface area contributed by atoms with Crippen molar-refractivity contribution in [2.75, 3.05) is 7.11 Å². The van der Waals surface area contributed by atoms with Gasteiger partial charge in [0.1, 0.15) is 5.75 Å². The van der Waals surface area contributed by atoms with Gasteiger partial charge in [0.15, 0.2) is 6.29 Å². The Balaban J connectivity index is 2.64. The molecule has 0 saturated carbocycles. The summed E-state index contributed by atoms with van der Waals surface area (Å²) in [6.07, 6.45) is 0.473. The second-order valence-corrected chi connectivity index (χ2v) is 3.94. The molecule has 2 rings (SSSR count). The van der Waals surface area contributed by atoms with Crippen molar-refractivity contribution in [2.24, 2.45) is 0 Å². The van der Waals surface area contributed by atoms with Gasteiger partial charge in [0, 0.05) is 10.6 Å². The summed E-state index contributed by atoms with van der Waals surface area (Å²) in [5.74, 6) is 0.552. The molecule has 0 aliphatic carbocycles. The van der Waals surface area contributed by atoms with E-state index in [4.69, 9.17) is 16.3 Å². The highest BCUT2D eigenvalue weighted by Crippen LogP contribution is 2.30. The number of H-pyrrole nitrogens is 1. The van der Waals surface area contributed by atoms with Crippen molar-refractivity contribution in [3.63, 3.8) is 0 Å². The lowest BCUT2D eigenvalue weighted by Gasteiger charge is -2.08. The molecular formula is C12H9ClN2O3. The van der Waals surface area contributed by atoms with Crippen LogP contribution in [0.5, 0.6) is 5.75 Å². The highest BCUT2D eigenvalue weighted by molar-refractivity contribution is 6.30. The molecule has 18 heavy (non-hydrogen) atoms. The summed E-state index contributed by atoms with van der Waals surface area (Å²) in [6, 6.07) is 6.40. The molecule has 0 spiro atoms. The third-order valence-corrected chi connectivity index (χ3v) is 2.63. The molecule has 0 bridgehead atoms. The van der Waals surface area contributed by atoms with Gasteiger partial charge in [-0.05, 0) is 24.3 Å². The van der Waals surface area contributed by atoms with Crippen LogP contribution in [-0.4, -0.2) is 23.6 Å². The Kier molecular flexibility index (Phi) is 3.43. The molecule has 0 aliphatic rings. The number of methoxy groups -OCH3 is 1. The van der Waals surface area contributed by atoms with Crippen LogP contribution in [0.25, 0.3) is 11.3 Å². The van der Waals surface area contributed by atoms with Gasteiger partial charge in [0.2, 0.25) is 0 Å². The normalized spacial score (nSPS) is 10.1. The van der Waals surface area contributed by atoms with E-state index in [9.17, 15) is 9.59 Å². The third kappa shape index (κ3) is 2.26. The quantitative estimate of drug-likeness (QED) is 0.860. The minimum absolute atomic E-state index is 0.00188. The maximum Gasteiger partial charge on any atom is 0.274 e. The second-order valence-electron chi connectivity index (χ2n) is 3.50. The largest absolute Gasteiger partial charge is 0.496 e. The standard InChI is InChI=1S/C12H9ClN2O3/c1-18-11-3-2-8(13)5-9(11)10-4-7(6-16)12(17)15-14-10/h2-6H,1H3,(H,15,17). The average molecular weight is 265 g/mol. The topological polar surface area (TPSA) is 72.1 Å². The number of hydrogen-bond donors (Lipinski definition) is 1. The predicted octanol–water partition coefficient (Wildman–Crippen LogP) is 1.91. The molecular weight excluding hydrogens is 256 g/mol. The van der Waals surface area contributed by atoms with Crippen LogP contribution in [0.3, 0.4) is 0 Å². The number of ether oxygens (including phenoxy) is 1. The fourth-order valence-electron chi connectivity index (χ4n) is 1.53. The number of rotatable bonds is 3. The molecule has 0 radical (unpaired) electrons. The van der Waals surface area contributed by atoms with E-state index in [-0.39, 0.29) is 5.56 Å². The zero-order valence-electron chi connectivity index (χ0n) is 9.44. The average Bonchev–Trinajstić information content (AvgIpc) is 2.39. The van der Waals surface area contributed by atoms with E-state index in [1.165, 1.54) is 13.2 Å². The maximum absolute atomic E-state index is 11.2. The Labute approximate surface area is 107 Å². The van der Waals surface area contributed by atoms with Gasteiger partial charge in [-0.3, -0.25) is 9.59 Å². The second kappa shape index (κ2) is 5.01. The van der Waals surface area contributed by atoms with Crippen LogP contribution in [0.2, 0.25) is 5.02 Å². The number of carbonyl (C=O) groups is 1. The van der Waals surface area contributed by atoms with Crippen molar-refractivity contribution < 1.29 is 9.53 Å². The van der Waals surface area contributed by atoms with E-state index in [0.29, 0.717) is 28.3 Å². The molecule has 0 saturated heterocycles. The first-order chi connectivity index (χ1) is 8.65. The highest BCUT2D eigenvalue weighted by atomic mass is 35.5. The molecule has 0 fully saturated rings. The van der Waals surface area contributed by atoms with Crippen molar-refractivity contribution in [2.45, 2.75) is 0 Å². The van der Waals surface area contributed by atoms with Gasteiger partial charge in [-0.25, -0.2) is 5.10 Å². The van der Waals surface area contributed by atoms with Crippen LogP contribution in [0.1, 0.15) is 10.4 Å². The van der Waals surface area contributed by atoms with E-state index < -0.39 is 5.56 Å². The number of benzene rings is 1. The Bertz CT molecular complexity index is 652. The zero-order valence-corrected chi connectivity index (χ0v) is 10.2. The van der Waals surface area contributed by atoms with Crippen molar-refractivity contribution in [1.29, 1.82) is 0 Å². The molecule has 1 aromatic heterocycles. The Morgan fingerprint density at radius 1 is 1.39 bits per heavy atom. The number of nitrogens with one attached hydrogen (secondary N) is 1. The van der Waals surface area contributed by atoms with Crippen LogP contribution in [-0.2, 0) is 0 Å². The van der Waals surface area contributed by atoms with E-state index in [1.54, 1.807) is 18.2 Å². The summed E-state index contributed by atoms with van der Waals surface area (Å²) in [5.41, 5.74) is 0.483. The summed E-state index contributed by atoms with van der Waals surface area (Å²) < 4.78 is 5.18. The SMILES string of the molecule is COc1ccc(Cl)cc1-c1cc(C=O)c(=O)[nH]n1. The number of halogens is 1. The van der Waals surface area contributed by atoms with Crippen molar-refractivity contribution in [3.05, 3.63) is 45.2 Å². The van der Waals surface area contributed by atoms with Gasteiger partial charge in [-0.15, -0.1) is 0 Å².